The zero-order valence-corrected chi connectivity index (χ0v) is 9.46. The van der Waals surface area contributed by atoms with Gasteiger partial charge in [-0.2, -0.15) is 11.1 Å². The fourth-order valence-corrected chi connectivity index (χ4v) is 13.3. The summed E-state index contributed by atoms with van der Waals surface area (Å²) in [4.78, 5) is 0. The summed E-state index contributed by atoms with van der Waals surface area (Å²) in [7, 11) is -0.839. The third kappa shape index (κ3) is 2.80. The Morgan fingerprint density at radius 1 is 1.11 bits per heavy atom. The maximum atomic E-state index is 6.01. The topological polar surface area (TPSA) is 0 Å². The lowest BCUT2D eigenvalue weighted by Gasteiger charge is -2.23. The Kier molecular flexibility index (Phi) is 2.93. The normalized spacial score (nSPS) is 28.3. The SMILES string of the molecule is Cl[SiH]1CC[Si](Cl)(Cl)CC1. The number of hydrogen-bond acceptors (Lipinski definition) is 0. The molecule has 1 heterocycles. The molecule has 0 N–H and O–H groups in total. The Morgan fingerprint density at radius 2 is 1.56 bits per heavy atom. The number of halogens is 3. The maximum Gasteiger partial charge on any atom is 0.250 e. The summed E-state index contributed by atoms with van der Waals surface area (Å²) in [6.07, 6.45) is 0. The molecule has 1 saturated heterocycles. The monoisotopic (exact) mass is 218 g/mol. The minimum Gasteiger partial charge on any atom is -0.172 e. The van der Waals surface area contributed by atoms with Crippen molar-refractivity contribution in [2.75, 3.05) is 0 Å². The van der Waals surface area contributed by atoms with Crippen LogP contribution in [-0.2, 0) is 0 Å². The molecule has 0 aromatic heterocycles. The minimum absolute atomic E-state index is 0.839. The minimum atomic E-state index is -1.74. The van der Waals surface area contributed by atoms with Gasteiger partial charge in [0.2, 0.25) is 0 Å². The zero-order valence-electron chi connectivity index (χ0n) is 5.04. The third-order valence-corrected chi connectivity index (χ3v) is 10.2. The van der Waals surface area contributed by atoms with Crippen LogP contribution in [0.15, 0.2) is 0 Å². The molecule has 0 aliphatic carbocycles. The van der Waals surface area contributed by atoms with Crippen LogP contribution < -0.4 is 0 Å². The van der Waals surface area contributed by atoms with Crippen LogP contribution in [0, 0.1) is 0 Å². The number of rotatable bonds is 0. The average molecular weight is 220 g/mol. The van der Waals surface area contributed by atoms with E-state index in [1.807, 2.05) is 0 Å². The fraction of sp³-hybridized carbons (Fsp3) is 1.00. The van der Waals surface area contributed by atoms with E-state index in [2.05, 4.69) is 0 Å². The highest BCUT2D eigenvalue weighted by Gasteiger charge is 2.34. The van der Waals surface area contributed by atoms with Gasteiger partial charge in [0, 0.05) is 0 Å². The molecule has 0 aromatic rings. The van der Waals surface area contributed by atoms with Crippen molar-refractivity contribution in [1.29, 1.82) is 0 Å². The standard InChI is InChI=1S/C4H9Cl3Si2/c5-8-1-3-9(6,7)4-2-8/h8H,1-4H2. The van der Waals surface area contributed by atoms with E-state index < -0.39 is 14.8 Å². The first kappa shape index (κ1) is 8.40. The molecule has 0 atom stereocenters. The van der Waals surface area contributed by atoms with E-state index in [1.54, 1.807) is 0 Å². The fourth-order valence-electron chi connectivity index (χ4n) is 1.00. The summed E-state index contributed by atoms with van der Waals surface area (Å²) < 4.78 is 0. The smallest absolute Gasteiger partial charge is 0.172 e. The van der Waals surface area contributed by atoms with Crippen LogP contribution in [0.25, 0.3) is 0 Å². The van der Waals surface area contributed by atoms with Crippen LogP contribution in [-0.4, -0.2) is 14.8 Å². The summed E-state index contributed by atoms with van der Waals surface area (Å²) in [5.41, 5.74) is 0. The Hall–Kier alpha value is 1.30. The molecular formula is C4H9Cl3Si2. The van der Waals surface area contributed by atoms with Crippen molar-refractivity contribution in [1.82, 2.24) is 0 Å². The van der Waals surface area contributed by atoms with Crippen LogP contribution in [0.2, 0.25) is 24.2 Å². The molecule has 9 heavy (non-hydrogen) atoms. The Morgan fingerprint density at radius 3 is 1.89 bits per heavy atom. The van der Waals surface area contributed by atoms with Gasteiger partial charge in [-0.25, -0.2) is 0 Å². The van der Waals surface area contributed by atoms with Crippen molar-refractivity contribution in [3.8, 4) is 0 Å². The largest absolute Gasteiger partial charge is 0.250 e. The summed E-state index contributed by atoms with van der Waals surface area (Å²) >= 11 is 18.0. The van der Waals surface area contributed by atoms with Crippen LogP contribution in [0.3, 0.4) is 0 Å². The van der Waals surface area contributed by atoms with Gasteiger partial charge in [0.05, 0.1) is 0 Å². The molecule has 1 fully saturated rings. The van der Waals surface area contributed by atoms with Gasteiger partial charge in [0.25, 0.3) is 6.69 Å². The van der Waals surface area contributed by atoms with Crippen LogP contribution in [0.5, 0.6) is 0 Å². The van der Waals surface area contributed by atoms with E-state index in [0.717, 1.165) is 24.2 Å². The second-order valence-corrected chi connectivity index (χ2v) is 14.4. The van der Waals surface area contributed by atoms with Gasteiger partial charge in [-0.3, -0.25) is 0 Å². The van der Waals surface area contributed by atoms with Gasteiger partial charge in [-0.15, -0.1) is 22.2 Å². The van der Waals surface area contributed by atoms with E-state index in [-0.39, 0.29) is 0 Å². The van der Waals surface area contributed by atoms with Gasteiger partial charge in [-0.05, 0) is 24.2 Å². The van der Waals surface area contributed by atoms with Crippen molar-refractivity contribution in [3.63, 3.8) is 0 Å². The Balaban J connectivity index is 2.35. The lowest BCUT2D eigenvalue weighted by molar-refractivity contribution is 1.22. The molecule has 1 rings (SSSR count). The summed E-state index contributed by atoms with van der Waals surface area (Å²) in [6, 6.07) is 4.38. The maximum absolute atomic E-state index is 6.01. The van der Waals surface area contributed by atoms with E-state index in [1.165, 1.54) is 0 Å². The van der Waals surface area contributed by atoms with Crippen LogP contribution >= 0.6 is 33.2 Å². The third-order valence-electron chi connectivity index (χ3n) is 1.65. The molecule has 54 valence electrons. The molecular weight excluding hydrogens is 211 g/mol. The lowest BCUT2D eigenvalue weighted by atomic mass is 10.9. The molecule has 0 amide bonds. The highest BCUT2D eigenvalue weighted by atomic mass is 35.7. The van der Waals surface area contributed by atoms with E-state index in [9.17, 15) is 0 Å². The van der Waals surface area contributed by atoms with Gasteiger partial charge in [0.1, 0.15) is 8.11 Å². The molecule has 0 nitrogen and oxygen atoms in total. The molecule has 0 radical (unpaired) electrons. The van der Waals surface area contributed by atoms with Crippen molar-refractivity contribution >= 4 is 48.0 Å². The molecule has 0 aromatic carbocycles. The summed E-state index contributed by atoms with van der Waals surface area (Å²) in [5.74, 6) is 0. The Labute approximate surface area is 72.2 Å². The van der Waals surface area contributed by atoms with Crippen LogP contribution in [0.4, 0.5) is 0 Å². The Bertz CT molecular complexity index is 96.0. The molecule has 1 aliphatic heterocycles. The average Bonchev–Trinajstić information content (AvgIpc) is 1.78. The zero-order chi connectivity index (χ0) is 6.91. The summed E-state index contributed by atoms with van der Waals surface area (Å²) in [5, 5.41) is 0. The predicted molar refractivity (Wildman–Crippen MR) is 49.7 cm³/mol. The molecule has 0 bridgehead atoms. The van der Waals surface area contributed by atoms with E-state index in [0.29, 0.717) is 0 Å². The first-order chi connectivity index (χ1) is 4.10. The van der Waals surface area contributed by atoms with Crippen LogP contribution in [0.1, 0.15) is 0 Å². The van der Waals surface area contributed by atoms with Crippen molar-refractivity contribution in [2.45, 2.75) is 24.2 Å². The lowest BCUT2D eigenvalue weighted by Crippen LogP contribution is -2.27. The van der Waals surface area contributed by atoms with Gasteiger partial charge < -0.3 is 0 Å². The van der Waals surface area contributed by atoms with E-state index >= 15 is 0 Å². The first-order valence-electron chi connectivity index (χ1n) is 3.12. The molecule has 0 saturated carbocycles. The van der Waals surface area contributed by atoms with Crippen molar-refractivity contribution in [2.24, 2.45) is 0 Å². The highest BCUT2D eigenvalue weighted by Crippen LogP contribution is 2.36. The van der Waals surface area contributed by atoms with Gasteiger partial charge in [-0.1, -0.05) is 0 Å². The number of hydrogen-bond donors (Lipinski definition) is 0. The second kappa shape index (κ2) is 3.14. The van der Waals surface area contributed by atoms with Crippen molar-refractivity contribution in [3.05, 3.63) is 0 Å². The first-order valence-corrected chi connectivity index (χ1v) is 10.9. The molecule has 5 heteroatoms. The molecule has 0 unspecified atom stereocenters. The molecule has 1 aliphatic rings. The quantitative estimate of drug-likeness (QED) is 0.434. The van der Waals surface area contributed by atoms with Gasteiger partial charge >= 0.3 is 0 Å². The van der Waals surface area contributed by atoms with Crippen molar-refractivity contribution < 1.29 is 0 Å². The highest BCUT2D eigenvalue weighted by molar-refractivity contribution is 7.46. The molecule has 0 spiro atoms. The predicted octanol–water partition coefficient (Wildman–Crippen LogP) is 2.88. The van der Waals surface area contributed by atoms with E-state index in [4.69, 9.17) is 33.2 Å². The van der Waals surface area contributed by atoms with Gasteiger partial charge in [0.15, 0.2) is 0 Å². The summed E-state index contributed by atoms with van der Waals surface area (Å²) in [6.45, 7) is -1.74. The second-order valence-electron chi connectivity index (χ2n) is 2.53.